The van der Waals surface area contributed by atoms with Gasteiger partial charge in [-0.25, -0.2) is 0 Å². The van der Waals surface area contributed by atoms with Gasteiger partial charge in [0, 0.05) is 23.0 Å². The zero-order valence-electron chi connectivity index (χ0n) is 10.8. The topological polar surface area (TPSA) is 21.3 Å². The number of hydrogen-bond donors (Lipinski definition) is 1. The Hall–Kier alpha value is -0.730. The minimum absolute atomic E-state index is 0.525. The van der Waals surface area contributed by atoms with Gasteiger partial charge in [-0.1, -0.05) is 11.6 Å². The number of halogens is 1. The molecule has 1 aromatic rings. The molecule has 1 aliphatic heterocycles. The Bertz CT molecular complexity index is 411. The highest BCUT2D eigenvalue weighted by atomic mass is 35.5. The van der Waals surface area contributed by atoms with Crippen molar-refractivity contribution in [2.75, 3.05) is 20.2 Å². The van der Waals surface area contributed by atoms with Crippen molar-refractivity contribution in [3.63, 3.8) is 0 Å². The quantitative estimate of drug-likeness (QED) is 0.872. The summed E-state index contributed by atoms with van der Waals surface area (Å²) in [4.78, 5) is 0. The second-order valence-electron chi connectivity index (χ2n) is 4.79. The molecule has 1 fully saturated rings. The van der Waals surface area contributed by atoms with Crippen molar-refractivity contribution < 1.29 is 4.74 Å². The fourth-order valence-corrected chi connectivity index (χ4v) is 2.87. The largest absolute Gasteiger partial charge is 0.496 e. The Balaban J connectivity index is 2.46. The van der Waals surface area contributed by atoms with Crippen molar-refractivity contribution in [1.29, 1.82) is 0 Å². The molecule has 2 nitrogen and oxygen atoms in total. The van der Waals surface area contributed by atoms with Gasteiger partial charge in [0.05, 0.1) is 7.11 Å². The molecular formula is C14H20ClNO. The first kappa shape index (κ1) is 12.7. The number of nitrogens with one attached hydrogen (secondary N) is 1. The maximum atomic E-state index is 6.36. The van der Waals surface area contributed by atoms with Crippen molar-refractivity contribution in [2.45, 2.75) is 32.6 Å². The third-order valence-electron chi connectivity index (χ3n) is 3.62. The van der Waals surface area contributed by atoms with E-state index in [4.69, 9.17) is 16.3 Å². The second kappa shape index (κ2) is 5.28. The molecule has 1 atom stereocenters. The Morgan fingerprint density at radius 3 is 2.76 bits per heavy atom. The van der Waals surface area contributed by atoms with Crippen LogP contribution in [-0.4, -0.2) is 20.2 Å². The van der Waals surface area contributed by atoms with E-state index in [0.717, 1.165) is 29.4 Å². The zero-order valence-corrected chi connectivity index (χ0v) is 11.5. The SMILES string of the molecule is COc1cc(C)c(Cl)c(C)c1C1CCCNC1. The summed E-state index contributed by atoms with van der Waals surface area (Å²) in [5.74, 6) is 1.51. The number of piperidine rings is 1. The fraction of sp³-hybridized carbons (Fsp3) is 0.571. The van der Waals surface area contributed by atoms with E-state index >= 15 is 0 Å². The number of benzene rings is 1. The van der Waals surface area contributed by atoms with Gasteiger partial charge in [0.1, 0.15) is 5.75 Å². The molecule has 0 amide bonds. The van der Waals surface area contributed by atoms with Crippen LogP contribution in [0.3, 0.4) is 0 Å². The zero-order chi connectivity index (χ0) is 12.4. The molecule has 0 saturated carbocycles. The lowest BCUT2D eigenvalue weighted by molar-refractivity contribution is 0.391. The van der Waals surface area contributed by atoms with E-state index in [2.05, 4.69) is 18.3 Å². The van der Waals surface area contributed by atoms with Crippen LogP contribution in [0.15, 0.2) is 6.07 Å². The first-order chi connectivity index (χ1) is 8.15. The van der Waals surface area contributed by atoms with Crippen LogP contribution in [0, 0.1) is 13.8 Å². The normalized spacial score (nSPS) is 20.4. The average Bonchev–Trinajstić information content (AvgIpc) is 2.36. The third kappa shape index (κ3) is 2.43. The molecule has 3 heteroatoms. The summed E-state index contributed by atoms with van der Waals surface area (Å²) >= 11 is 6.36. The molecule has 0 radical (unpaired) electrons. The lowest BCUT2D eigenvalue weighted by atomic mass is 9.87. The molecular weight excluding hydrogens is 234 g/mol. The molecule has 0 aromatic heterocycles. The first-order valence-corrected chi connectivity index (χ1v) is 6.57. The summed E-state index contributed by atoms with van der Waals surface area (Å²) in [5.41, 5.74) is 3.56. The van der Waals surface area contributed by atoms with Crippen LogP contribution in [-0.2, 0) is 0 Å². The molecule has 0 spiro atoms. The molecule has 2 rings (SSSR count). The highest BCUT2D eigenvalue weighted by Crippen LogP contribution is 2.38. The van der Waals surface area contributed by atoms with Gasteiger partial charge < -0.3 is 10.1 Å². The lowest BCUT2D eigenvalue weighted by Gasteiger charge is -2.27. The van der Waals surface area contributed by atoms with Crippen LogP contribution in [0.4, 0.5) is 0 Å². The van der Waals surface area contributed by atoms with Crippen LogP contribution >= 0.6 is 11.6 Å². The van der Waals surface area contributed by atoms with Crippen molar-refractivity contribution in [2.24, 2.45) is 0 Å². The summed E-state index contributed by atoms with van der Waals surface area (Å²) < 4.78 is 5.53. The number of rotatable bonds is 2. The van der Waals surface area contributed by atoms with E-state index < -0.39 is 0 Å². The van der Waals surface area contributed by atoms with E-state index in [1.54, 1.807) is 7.11 Å². The fourth-order valence-electron chi connectivity index (χ4n) is 2.71. The van der Waals surface area contributed by atoms with Crippen molar-refractivity contribution in [1.82, 2.24) is 5.32 Å². The van der Waals surface area contributed by atoms with Crippen LogP contribution in [0.5, 0.6) is 5.75 Å². The van der Waals surface area contributed by atoms with Crippen molar-refractivity contribution in [3.05, 3.63) is 27.8 Å². The maximum absolute atomic E-state index is 6.36. The number of methoxy groups -OCH3 is 1. The summed E-state index contributed by atoms with van der Waals surface area (Å²) in [6.45, 7) is 6.27. The van der Waals surface area contributed by atoms with Gasteiger partial charge in [-0.15, -0.1) is 0 Å². The minimum atomic E-state index is 0.525. The van der Waals surface area contributed by atoms with Gasteiger partial charge in [-0.3, -0.25) is 0 Å². The molecule has 1 heterocycles. The van der Waals surface area contributed by atoms with Crippen LogP contribution in [0.1, 0.15) is 35.4 Å². The molecule has 1 aromatic carbocycles. The predicted octanol–water partition coefficient (Wildman–Crippen LogP) is 3.43. The Morgan fingerprint density at radius 2 is 2.18 bits per heavy atom. The monoisotopic (exact) mass is 253 g/mol. The maximum Gasteiger partial charge on any atom is 0.123 e. The van der Waals surface area contributed by atoms with E-state index in [9.17, 15) is 0 Å². The highest BCUT2D eigenvalue weighted by molar-refractivity contribution is 6.32. The van der Waals surface area contributed by atoms with Gasteiger partial charge in [-0.2, -0.15) is 0 Å². The average molecular weight is 254 g/mol. The number of aryl methyl sites for hydroxylation is 1. The smallest absolute Gasteiger partial charge is 0.123 e. The van der Waals surface area contributed by atoms with Gasteiger partial charge in [0.25, 0.3) is 0 Å². The molecule has 94 valence electrons. The Labute approximate surface area is 108 Å². The molecule has 17 heavy (non-hydrogen) atoms. The van der Waals surface area contributed by atoms with Crippen molar-refractivity contribution in [3.8, 4) is 5.75 Å². The number of ether oxygens (including phenoxy) is 1. The van der Waals surface area contributed by atoms with Gasteiger partial charge in [0.2, 0.25) is 0 Å². The molecule has 1 N–H and O–H groups in total. The van der Waals surface area contributed by atoms with Crippen molar-refractivity contribution >= 4 is 11.6 Å². The molecule has 1 unspecified atom stereocenters. The summed E-state index contributed by atoms with van der Waals surface area (Å²) in [6, 6.07) is 2.05. The van der Waals surface area contributed by atoms with Crippen LogP contribution in [0.25, 0.3) is 0 Å². The molecule has 0 bridgehead atoms. The molecule has 1 saturated heterocycles. The highest BCUT2D eigenvalue weighted by Gasteiger charge is 2.22. The van der Waals surface area contributed by atoms with Gasteiger partial charge in [0.15, 0.2) is 0 Å². The van der Waals surface area contributed by atoms with E-state index in [-0.39, 0.29) is 0 Å². The third-order valence-corrected chi connectivity index (χ3v) is 4.20. The van der Waals surface area contributed by atoms with E-state index in [1.165, 1.54) is 24.0 Å². The Morgan fingerprint density at radius 1 is 1.41 bits per heavy atom. The van der Waals surface area contributed by atoms with Gasteiger partial charge in [-0.05, 0) is 50.4 Å². The number of hydrogen-bond acceptors (Lipinski definition) is 2. The minimum Gasteiger partial charge on any atom is -0.496 e. The second-order valence-corrected chi connectivity index (χ2v) is 5.17. The molecule has 0 aliphatic carbocycles. The van der Waals surface area contributed by atoms with E-state index in [1.807, 2.05) is 6.92 Å². The summed E-state index contributed by atoms with van der Waals surface area (Å²) in [5, 5.41) is 4.33. The summed E-state index contributed by atoms with van der Waals surface area (Å²) in [7, 11) is 1.74. The predicted molar refractivity (Wildman–Crippen MR) is 72.3 cm³/mol. The molecule has 1 aliphatic rings. The first-order valence-electron chi connectivity index (χ1n) is 6.19. The van der Waals surface area contributed by atoms with E-state index in [0.29, 0.717) is 5.92 Å². The van der Waals surface area contributed by atoms with Crippen LogP contribution < -0.4 is 10.1 Å². The summed E-state index contributed by atoms with van der Waals surface area (Å²) in [6.07, 6.45) is 2.43. The standard InChI is InChI=1S/C14H20ClNO/c1-9-7-12(17-3)13(10(2)14(9)15)11-5-4-6-16-8-11/h7,11,16H,4-6,8H2,1-3H3. The van der Waals surface area contributed by atoms with Crippen LogP contribution in [0.2, 0.25) is 5.02 Å². The van der Waals surface area contributed by atoms with Gasteiger partial charge >= 0.3 is 0 Å². The Kier molecular flexibility index (Phi) is 3.95. The lowest BCUT2D eigenvalue weighted by Crippen LogP contribution is -2.29.